The van der Waals surface area contributed by atoms with Crippen molar-refractivity contribution in [1.29, 1.82) is 0 Å². The van der Waals surface area contributed by atoms with Crippen LogP contribution in [0.2, 0.25) is 0 Å². The van der Waals surface area contributed by atoms with Crippen LogP contribution >= 0.6 is 47.8 Å². The summed E-state index contributed by atoms with van der Waals surface area (Å²) in [4.78, 5) is 0. The van der Waals surface area contributed by atoms with E-state index in [4.69, 9.17) is 5.10 Å². The van der Waals surface area contributed by atoms with E-state index < -0.39 is 0 Å². The van der Waals surface area contributed by atoms with Gasteiger partial charge in [0.15, 0.2) is 0 Å². The highest BCUT2D eigenvalue weighted by atomic mass is 79.9. The molecule has 0 aliphatic rings. The maximum Gasteiger partial charge on any atom is 0.0766 e. The molecule has 0 spiro atoms. The highest BCUT2D eigenvalue weighted by Gasteiger charge is 2.30. The summed E-state index contributed by atoms with van der Waals surface area (Å²) in [5.41, 5.74) is 2.79. The van der Waals surface area contributed by atoms with Gasteiger partial charge in [-0.25, -0.2) is 0 Å². The molecule has 1 heterocycles. The third-order valence-corrected chi connectivity index (χ3v) is 6.88. The van der Waals surface area contributed by atoms with Crippen LogP contribution in [0.4, 0.5) is 0 Å². The first-order valence-electron chi connectivity index (χ1n) is 6.93. The summed E-state index contributed by atoms with van der Waals surface area (Å²) in [5, 5.41) is 6.73. The maximum absolute atomic E-state index is 4.70. The standard InChI is InChI=1S/C14H23Br3N2/c1-4-7-14(9-15,10-16)8-12-13(17)11(5-2)18-19(12)6-3/h4-10H2,1-3H3. The van der Waals surface area contributed by atoms with Crippen molar-refractivity contribution in [2.24, 2.45) is 5.41 Å². The van der Waals surface area contributed by atoms with Gasteiger partial charge in [-0.05, 0) is 47.5 Å². The third-order valence-electron chi connectivity index (χ3n) is 3.58. The Balaban J connectivity index is 3.11. The molecule has 0 aromatic carbocycles. The minimum atomic E-state index is 0.273. The molecule has 0 saturated carbocycles. The van der Waals surface area contributed by atoms with Crippen molar-refractivity contribution >= 4 is 47.8 Å². The molecule has 0 unspecified atom stereocenters. The third kappa shape index (κ3) is 4.07. The first-order valence-corrected chi connectivity index (χ1v) is 9.97. The monoisotopic (exact) mass is 456 g/mol. The molecule has 0 fully saturated rings. The number of hydrogen-bond acceptors (Lipinski definition) is 1. The summed E-state index contributed by atoms with van der Waals surface area (Å²) < 4.78 is 3.36. The van der Waals surface area contributed by atoms with Crippen molar-refractivity contribution in [2.45, 2.75) is 53.0 Å². The molecule has 0 atom stereocenters. The Labute approximate surface area is 142 Å². The Hall–Kier alpha value is 0.650. The SMILES string of the molecule is CCCC(CBr)(CBr)Cc1c(Br)c(CC)nn1CC. The predicted molar refractivity (Wildman–Crippen MR) is 93.6 cm³/mol. The van der Waals surface area contributed by atoms with E-state index in [9.17, 15) is 0 Å². The summed E-state index contributed by atoms with van der Waals surface area (Å²) in [6.45, 7) is 7.50. The Kier molecular flexibility index (Phi) is 7.62. The number of halogens is 3. The van der Waals surface area contributed by atoms with Gasteiger partial charge in [0.1, 0.15) is 0 Å². The molecule has 0 aliphatic carbocycles. The fraction of sp³-hybridized carbons (Fsp3) is 0.786. The molecule has 110 valence electrons. The van der Waals surface area contributed by atoms with E-state index in [1.54, 1.807) is 0 Å². The predicted octanol–water partition coefficient (Wildman–Crippen LogP) is 5.35. The Bertz CT molecular complexity index is 398. The smallest absolute Gasteiger partial charge is 0.0766 e. The first-order chi connectivity index (χ1) is 9.07. The molecule has 0 N–H and O–H groups in total. The lowest BCUT2D eigenvalue weighted by Gasteiger charge is -2.30. The molecule has 5 heteroatoms. The fourth-order valence-corrected chi connectivity index (χ4v) is 5.01. The van der Waals surface area contributed by atoms with Crippen molar-refractivity contribution in [3.05, 3.63) is 15.9 Å². The zero-order valence-electron chi connectivity index (χ0n) is 12.0. The van der Waals surface area contributed by atoms with E-state index in [0.29, 0.717) is 0 Å². The zero-order valence-corrected chi connectivity index (χ0v) is 16.7. The molecule has 0 amide bonds. The molecule has 1 rings (SSSR count). The van der Waals surface area contributed by atoms with Crippen LogP contribution < -0.4 is 0 Å². The van der Waals surface area contributed by atoms with Gasteiger partial charge in [0.05, 0.1) is 15.9 Å². The van der Waals surface area contributed by atoms with E-state index in [1.807, 2.05) is 0 Å². The van der Waals surface area contributed by atoms with Crippen molar-refractivity contribution in [2.75, 3.05) is 10.7 Å². The number of aryl methyl sites for hydroxylation is 2. The molecule has 1 aromatic heterocycles. The minimum Gasteiger partial charge on any atom is -0.268 e. The normalized spacial score (nSPS) is 12.1. The molecule has 0 aliphatic heterocycles. The van der Waals surface area contributed by atoms with Crippen LogP contribution in [0.25, 0.3) is 0 Å². The molecular formula is C14H23Br3N2. The van der Waals surface area contributed by atoms with Crippen LogP contribution in [-0.2, 0) is 19.4 Å². The Morgan fingerprint density at radius 1 is 1.16 bits per heavy atom. The van der Waals surface area contributed by atoms with Gasteiger partial charge >= 0.3 is 0 Å². The summed E-state index contributed by atoms with van der Waals surface area (Å²) in [7, 11) is 0. The lowest BCUT2D eigenvalue weighted by molar-refractivity contribution is 0.340. The average Bonchev–Trinajstić information content (AvgIpc) is 2.74. The second kappa shape index (κ2) is 8.18. The van der Waals surface area contributed by atoms with Crippen LogP contribution in [0.3, 0.4) is 0 Å². The van der Waals surface area contributed by atoms with Gasteiger partial charge in [0.2, 0.25) is 0 Å². The van der Waals surface area contributed by atoms with E-state index in [1.165, 1.54) is 28.7 Å². The van der Waals surface area contributed by atoms with E-state index in [2.05, 4.69) is 73.2 Å². The van der Waals surface area contributed by atoms with Crippen molar-refractivity contribution in [3.63, 3.8) is 0 Å². The largest absolute Gasteiger partial charge is 0.268 e. The van der Waals surface area contributed by atoms with Gasteiger partial charge in [-0.15, -0.1) is 0 Å². The molecule has 0 bridgehead atoms. The number of alkyl halides is 2. The van der Waals surface area contributed by atoms with Crippen LogP contribution in [0, 0.1) is 5.41 Å². The van der Waals surface area contributed by atoms with Crippen LogP contribution in [0.1, 0.15) is 45.0 Å². The molecule has 19 heavy (non-hydrogen) atoms. The second-order valence-electron chi connectivity index (χ2n) is 5.07. The summed E-state index contributed by atoms with van der Waals surface area (Å²) in [5.74, 6) is 0. The van der Waals surface area contributed by atoms with Crippen LogP contribution in [0.15, 0.2) is 4.47 Å². The highest BCUT2D eigenvalue weighted by molar-refractivity contribution is 9.10. The summed E-state index contributed by atoms with van der Waals surface area (Å²) in [6.07, 6.45) is 4.45. The lowest BCUT2D eigenvalue weighted by atomic mass is 9.83. The number of hydrogen-bond donors (Lipinski definition) is 0. The van der Waals surface area contributed by atoms with Crippen molar-refractivity contribution < 1.29 is 0 Å². The van der Waals surface area contributed by atoms with E-state index in [-0.39, 0.29) is 5.41 Å². The molecule has 2 nitrogen and oxygen atoms in total. The topological polar surface area (TPSA) is 17.8 Å². The van der Waals surface area contributed by atoms with Gasteiger partial charge in [-0.2, -0.15) is 5.10 Å². The maximum atomic E-state index is 4.70. The first kappa shape index (κ1) is 17.7. The quantitative estimate of drug-likeness (QED) is 0.480. The van der Waals surface area contributed by atoms with Gasteiger partial charge in [-0.1, -0.05) is 52.1 Å². The van der Waals surface area contributed by atoms with E-state index in [0.717, 1.165) is 30.0 Å². The van der Waals surface area contributed by atoms with Gasteiger partial charge < -0.3 is 0 Å². The molecule has 0 radical (unpaired) electrons. The average molecular weight is 459 g/mol. The van der Waals surface area contributed by atoms with Crippen molar-refractivity contribution in [1.82, 2.24) is 9.78 Å². The molecule has 0 saturated heterocycles. The van der Waals surface area contributed by atoms with E-state index >= 15 is 0 Å². The molecule has 1 aromatic rings. The number of rotatable bonds is 8. The minimum absolute atomic E-state index is 0.273. The Morgan fingerprint density at radius 3 is 2.21 bits per heavy atom. The summed E-state index contributed by atoms with van der Waals surface area (Å²) >= 11 is 11.2. The van der Waals surface area contributed by atoms with Crippen LogP contribution in [0.5, 0.6) is 0 Å². The second-order valence-corrected chi connectivity index (χ2v) is 6.99. The van der Waals surface area contributed by atoms with Gasteiger partial charge in [-0.3, -0.25) is 4.68 Å². The lowest BCUT2D eigenvalue weighted by Crippen LogP contribution is -2.29. The van der Waals surface area contributed by atoms with Gasteiger partial charge in [0, 0.05) is 17.2 Å². The van der Waals surface area contributed by atoms with Crippen molar-refractivity contribution in [3.8, 4) is 0 Å². The molecular weight excluding hydrogens is 436 g/mol. The van der Waals surface area contributed by atoms with Gasteiger partial charge in [0.25, 0.3) is 0 Å². The fourth-order valence-electron chi connectivity index (χ4n) is 2.42. The number of aromatic nitrogens is 2. The highest BCUT2D eigenvalue weighted by Crippen LogP contribution is 2.36. The summed E-state index contributed by atoms with van der Waals surface area (Å²) in [6, 6.07) is 0. The number of nitrogens with zero attached hydrogens (tertiary/aromatic N) is 2. The van der Waals surface area contributed by atoms with Crippen LogP contribution in [-0.4, -0.2) is 20.4 Å². The zero-order chi connectivity index (χ0) is 14.5. The Morgan fingerprint density at radius 2 is 1.79 bits per heavy atom.